The number of fused-ring (bicyclic) bond motifs is 1. The molecule has 6 aliphatic rings. The van der Waals surface area contributed by atoms with Crippen molar-refractivity contribution in [1.82, 2.24) is 14.7 Å². The molecule has 6 heteroatoms. The summed E-state index contributed by atoms with van der Waals surface area (Å²) in [5.41, 5.74) is 12.3. The molecule has 4 aromatic rings. The Kier molecular flexibility index (Phi) is 9.64. The maximum absolute atomic E-state index is 9.43. The monoisotopic (exact) mass is 706 g/mol. The predicted octanol–water partition coefficient (Wildman–Crippen LogP) is 8.99. The molecule has 0 radical (unpaired) electrons. The third-order valence-electron chi connectivity index (χ3n) is 13.9. The summed E-state index contributed by atoms with van der Waals surface area (Å²) in [4.78, 5) is 12.0. The molecule has 2 atom stereocenters. The Morgan fingerprint density at radius 2 is 1.40 bits per heavy atom. The second kappa shape index (κ2) is 14.8. The molecule has 10 rings (SSSR count). The largest absolute Gasteiger partial charge is 0.370 e. The molecule has 53 heavy (non-hydrogen) atoms. The molecule has 5 fully saturated rings. The van der Waals surface area contributed by atoms with Crippen molar-refractivity contribution >= 4 is 22.7 Å². The Labute approximate surface area is 317 Å². The number of guanidine groups is 2. The van der Waals surface area contributed by atoms with Crippen LogP contribution >= 0.6 is 0 Å². The zero-order valence-electron chi connectivity index (χ0n) is 31.5. The van der Waals surface area contributed by atoms with Crippen molar-refractivity contribution in [3.8, 4) is 11.1 Å². The van der Waals surface area contributed by atoms with E-state index in [1.165, 1.54) is 78.0 Å². The first-order valence-electron chi connectivity index (χ1n) is 20.8. The van der Waals surface area contributed by atoms with Crippen LogP contribution in [0.1, 0.15) is 75.3 Å². The molecule has 2 heterocycles. The van der Waals surface area contributed by atoms with Crippen molar-refractivity contribution in [1.29, 1.82) is 5.41 Å². The van der Waals surface area contributed by atoms with Crippen molar-refractivity contribution in [2.45, 2.75) is 89.1 Å². The molecule has 0 unspecified atom stereocenters. The molecule has 2 aliphatic heterocycles. The highest BCUT2D eigenvalue weighted by Crippen LogP contribution is 2.61. The van der Waals surface area contributed by atoms with Gasteiger partial charge >= 0.3 is 0 Å². The van der Waals surface area contributed by atoms with Crippen molar-refractivity contribution in [2.75, 3.05) is 32.7 Å². The maximum Gasteiger partial charge on any atom is 0.194 e. The standard InChI is InChI=1S/C47H58N6/c48-45-50-32-42(52(45)24-21-47-29-35-25-36(30-47)27-37(26-35)31-47)14-6-7-22-51-33-43(28-41-13-8-12-40-11-4-5-15-44(40)41)53(46(51)49)23-20-34-16-18-39(19-17-34)38-9-2-1-3-10-38/h1-5,8-13,15-19,35-37,42-43,49H,6-7,14,20-33H2,(H2,48,50)/t35?,36?,37?,42-,43+,47?/m0/s1. The minimum Gasteiger partial charge on any atom is -0.370 e. The van der Waals surface area contributed by atoms with E-state index < -0.39 is 0 Å². The summed E-state index contributed by atoms with van der Waals surface area (Å²) in [6.07, 6.45) is 15.5. The van der Waals surface area contributed by atoms with Gasteiger partial charge in [-0.05, 0) is 133 Å². The van der Waals surface area contributed by atoms with Crippen LogP contribution in [0.3, 0.4) is 0 Å². The van der Waals surface area contributed by atoms with Gasteiger partial charge in [-0.2, -0.15) is 0 Å². The van der Waals surface area contributed by atoms with Crippen molar-refractivity contribution < 1.29 is 0 Å². The molecule has 3 N–H and O–H groups in total. The lowest BCUT2D eigenvalue weighted by Crippen LogP contribution is -2.49. The summed E-state index contributed by atoms with van der Waals surface area (Å²) >= 11 is 0. The van der Waals surface area contributed by atoms with E-state index in [2.05, 4.69) is 112 Å². The van der Waals surface area contributed by atoms with Crippen molar-refractivity contribution in [2.24, 2.45) is 33.9 Å². The second-order valence-corrected chi connectivity index (χ2v) is 17.5. The van der Waals surface area contributed by atoms with Crippen LogP contribution in [0, 0.1) is 28.6 Å². The fraction of sp³-hybridized carbons (Fsp3) is 0.489. The van der Waals surface area contributed by atoms with Gasteiger partial charge in [0.15, 0.2) is 11.9 Å². The number of nitrogens with zero attached hydrogens (tertiary/aromatic N) is 4. The molecule has 4 bridgehead atoms. The fourth-order valence-electron chi connectivity index (χ4n) is 11.7. The van der Waals surface area contributed by atoms with Gasteiger partial charge in [-0.25, -0.2) is 0 Å². The molecule has 4 aliphatic carbocycles. The highest BCUT2D eigenvalue weighted by Gasteiger charge is 2.50. The highest BCUT2D eigenvalue weighted by molar-refractivity contribution is 5.86. The van der Waals surface area contributed by atoms with E-state index in [9.17, 15) is 5.41 Å². The van der Waals surface area contributed by atoms with Gasteiger partial charge in [0.25, 0.3) is 0 Å². The quantitative estimate of drug-likeness (QED) is 0.129. The van der Waals surface area contributed by atoms with Gasteiger partial charge in [0.2, 0.25) is 0 Å². The second-order valence-electron chi connectivity index (χ2n) is 17.5. The predicted molar refractivity (Wildman–Crippen MR) is 219 cm³/mol. The van der Waals surface area contributed by atoms with Crippen LogP contribution in [0.5, 0.6) is 0 Å². The van der Waals surface area contributed by atoms with Crippen LogP contribution in [0.25, 0.3) is 21.9 Å². The summed E-state index contributed by atoms with van der Waals surface area (Å²) in [6.45, 7) is 4.63. The third-order valence-corrected chi connectivity index (χ3v) is 13.9. The van der Waals surface area contributed by atoms with Crippen LogP contribution in [0.15, 0.2) is 102 Å². The SMILES string of the molecule is N=C1N(CCCC[C@H]2CN=C(N)N2CCC23CC4CC(CC(C4)C2)C3)C[C@@H](Cc2cccc3ccccc23)N1CCc1ccc(-c2ccccc2)cc1. The van der Waals surface area contributed by atoms with Gasteiger partial charge < -0.3 is 20.4 Å². The number of unbranched alkanes of at least 4 members (excludes halogenated alkanes) is 1. The minimum absolute atomic E-state index is 0.278. The zero-order chi connectivity index (χ0) is 35.8. The fourth-order valence-corrected chi connectivity index (χ4v) is 11.7. The van der Waals surface area contributed by atoms with Crippen LogP contribution < -0.4 is 5.73 Å². The third kappa shape index (κ3) is 7.31. The van der Waals surface area contributed by atoms with Gasteiger partial charge in [0, 0.05) is 26.2 Å². The van der Waals surface area contributed by atoms with E-state index >= 15 is 0 Å². The first-order valence-corrected chi connectivity index (χ1v) is 20.8. The molecule has 0 amide bonds. The van der Waals surface area contributed by atoms with Gasteiger partial charge in [0.05, 0.1) is 18.6 Å². The van der Waals surface area contributed by atoms with Crippen LogP contribution in [-0.4, -0.2) is 71.4 Å². The van der Waals surface area contributed by atoms with Crippen LogP contribution in [-0.2, 0) is 12.8 Å². The number of nitrogens with one attached hydrogen (secondary N) is 1. The van der Waals surface area contributed by atoms with Crippen molar-refractivity contribution in [3.05, 3.63) is 108 Å². The van der Waals surface area contributed by atoms with Crippen LogP contribution in [0.2, 0.25) is 0 Å². The van der Waals surface area contributed by atoms with E-state index in [1.54, 1.807) is 0 Å². The summed E-state index contributed by atoms with van der Waals surface area (Å²) in [5.74, 6) is 4.48. The van der Waals surface area contributed by atoms with Gasteiger partial charge in [-0.15, -0.1) is 0 Å². The lowest BCUT2D eigenvalue weighted by molar-refractivity contribution is -0.0597. The van der Waals surface area contributed by atoms with Gasteiger partial charge in [-0.1, -0.05) is 97.1 Å². The normalized spacial score (nSPS) is 27.7. The molecule has 4 aromatic carbocycles. The molecule has 6 nitrogen and oxygen atoms in total. The summed E-state index contributed by atoms with van der Waals surface area (Å²) in [7, 11) is 0. The summed E-state index contributed by atoms with van der Waals surface area (Å²) in [6, 6.07) is 35.8. The number of hydrogen-bond acceptors (Lipinski definition) is 4. The lowest BCUT2D eigenvalue weighted by Gasteiger charge is -2.57. The average molecular weight is 707 g/mol. The molecule has 1 saturated heterocycles. The molecule has 4 saturated carbocycles. The van der Waals surface area contributed by atoms with E-state index in [1.807, 2.05) is 0 Å². The average Bonchev–Trinajstić information content (AvgIpc) is 3.68. The Bertz CT molecular complexity index is 1880. The molecule has 276 valence electrons. The smallest absolute Gasteiger partial charge is 0.194 e. The number of rotatable bonds is 14. The van der Waals surface area contributed by atoms with Gasteiger partial charge in [-0.3, -0.25) is 10.4 Å². The zero-order valence-corrected chi connectivity index (χ0v) is 31.5. The van der Waals surface area contributed by atoms with Crippen LogP contribution in [0.4, 0.5) is 0 Å². The summed E-state index contributed by atoms with van der Waals surface area (Å²) in [5, 5.41) is 12.1. The lowest BCUT2D eigenvalue weighted by atomic mass is 9.49. The Balaban J connectivity index is 0.820. The number of aliphatic imine (C=N–C) groups is 1. The van der Waals surface area contributed by atoms with E-state index in [0.29, 0.717) is 17.4 Å². The molecule has 0 spiro atoms. The molecular weight excluding hydrogens is 649 g/mol. The number of benzene rings is 4. The van der Waals surface area contributed by atoms with E-state index in [-0.39, 0.29) is 6.04 Å². The Morgan fingerprint density at radius 1 is 0.698 bits per heavy atom. The number of hydrogen-bond donors (Lipinski definition) is 2. The molecule has 0 aromatic heterocycles. The Hall–Kier alpha value is -4.32. The minimum atomic E-state index is 0.278. The van der Waals surface area contributed by atoms with E-state index in [0.717, 1.165) is 88.5 Å². The first-order chi connectivity index (χ1) is 26.0. The topological polar surface area (TPSA) is 71.9 Å². The van der Waals surface area contributed by atoms with Crippen molar-refractivity contribution in [3.63, 3.8) is 0 Å². The Morgan fingerprint density at radius 3 is 2.17 bits per heavy atom. The van der Waals surface area contributed by atoms with Gasteiger partial charge in [0.1, 0.15) is 0 Å². The number of nitrogens with two attached hydrogens (primary N) is 1. The summed E-state index contributed by atoms with van der Waals surface area (Å²) < 4.78 is 0. The van der Waals surface area contributed by atoms with E-state index in [4.69, 9.17) is 10.7 Å². The maximum atomic E-state index is 9.43. The molecular formula is C47H58N6. The highest BCUT2D eigenvalue weighted by atomic mass is 15.4. The first kappa shape index (κ1) is 34.4.